The molecule has 0 saturated carbocycles. The van der Waals surface area contributed by atoms with E-state index in [2.05, 4.69) is 19.6 Å². The summed E-state index contributed by atoms with van der Waals surface area (Å²) in [5.41, 5.74) is 0. The molecule has 0 amide bonds. The maximum Gasteiger partial charge on any atom is 0.0990 e. The van der Waals surface area contributed by atoms with Crippen molar-refractivity contribution in [2.75, 3.05) is 19.5 Å². The quantitative estimate of drug-likeness (QED) is 0.601. The van der Waals surface area contributed by atoms with Crippen LogP contribution in [0.5, 0.6) is 0 Å². The minimum Gasteiger partial charge on any atom is -0.389 e. The van der Waals surface area contributed by atoms with Crippen molar-refractivity contribution < 1.29 is 9.84 Å². The van der Waals surface area contributed by atoms with Gasteiger partial charge in [-0.2, -0.15) is 0 Å². The maximum absolute atomic E-state index is 9.76. The van der Waals surface area contributed by atoms with Gasteiger partial charge in [-0.05, 0) is 32.8 Å². The van der Waals surface area contributed by atoms with E-state index in [1.54, 1.807) is 0 Å². The Balaban J connectivity index is 2.44. The molecule has 0 aromatic heterocycles. The maximum atomic E-state index is 9.76. The summed E-state index contributed by atoms with van der Waals surface area (Å²) < 4.78 is 5.59. The first kappa shape index (κ1) is 12.6. The lowest BCUT2D eigenvalue weighted by molar-refractivity contribution is 0.0150. The van der Waals surface area contributed by atoms with Crippen LogP contribution in [-0.4, -0.2) is 54.6 Å². The lowest BCUT2D eigenvalue weighted by atomic mass is 10.1. The number of aliphatic hydroxyl groups excluding tert-OH is 1. The minimum atomic E-state index is -1.02. The normalized spacial score (nSPS) is 38.9. The Bertz CT molecular complexity index is 238. The van der Waals surface area contributed by atoms with E-state index in [1.807, 2.05) is 6.92 Å². The molecule has 0 aliphatic carbocycles. The van der Waals surface area contributed by atoms with Gasteiger partial charge >= 0.3 is 0 Å². The molecular formula is C10H20ClO2P. The molecule has 84 valence electrons. The van der Waals surface area contributed by atoms with E-state index < -0.39 is 13.0 Å². The SMILES string of the molecule is C=P(C)(C)CCC1OC(C)[C@H](Cl)[C@@H]1O. The van der Waals surface area contributed by atoms with E-state index in [4.69, 9.17) is 16.3 Å². The predicted octanol–water partition coefficient (Wildman–Crippen LogP) is 1.84. The molecule has 0 aromatic carbocycles. The lowest BCUT2D eigenvalue weighted by Crippen LogP contribution is -2.28. The van der Waals surface area contributed by atoms with Crippen molar-refractivity contribution in [3.63, 3.8) is 0 Å². The largest absolute Gasteiger partial charge is 0.389 e. The van der Waals surface area contributed by atoms with Crippen LogP contribution in [0.2, 0.25) is 0 Å². The van der Waals surface area contributed by atoms with Gasteiger partial charge in [0, 0.05) is 0 Å². The first-order valence-electron chi connectivity index (χ1n) is 4.96. The number of aliphatic hydroxyl groups is 1. The zero-order valence-corrected chi connectivity index (χ0v) is 10.8. The van der Waals surface area contributed by atoms with Crippen LogP contribution >= 0.6 is 18.5 Å². The average molecular weight is 239 g/mol. The van der Waals surface area contributed by atoms with E-state index in [9.17, 15) is 5.11 Å². The van der Waals surface area contributed by atoms with Crippen LogP contribution in [0.4, 0.5) is 0 Å². The first-order valence-corrected chi connectivity index (χ1v) is 8.45. The van der Waals surface area contributed by atoms with Gasteiger partial charge in [0.25, 0.3) is 0 Å². The highest BCUT2D eigenvalue weighted by molar-refractivity contribution is 7.72. The second-order valence-corrected chi connectivity index (χ2v) is 9.59. The molecule has 4 heteroatoms. The van der Waals surface area contributed by atoms with Crippen LogP contribution in [0.25, 0.3) is 0 Å². The summed E-state index contributed by atoms with van der Waals surface area (Å²) in [4.78, 5) is 0. The van der Waals surface area contributed by atoms with Crippen LogP contribution < -0.4 is 0 Å². The van der Waals surface area contributed by atoms with Gasteiger partial charge in [-0.1, -0.05) is 0 Å². The Labute approximate surface area is 91.6 Å². The molecule has 2 unspecified atom stereocenters. The number of hydrogen-bond acceptors (Lipinski definition) is 2. The summed E-state index contributed by atoms with van der Waals surface area (Å²) in [6.07, 6.45) is 5.41. The molecule has 1 N–H and O–H groups in total. The number of rotatable bonds is 3. The van der Waals surface area contributed by atoms with Crippen molar-refractivity contribution in [1.82, 2.24) is 0 Å². The lowest BCUT2D eigenvalue weighted by Gasteiger charge is -2.18. The van der Waals surface area contributed by atoms with E-state index in [0.29, 0.717) is 0 Å². The number of hydrogen-bond donors (Lipinski definition) is 1. The van der Waals surface area contributed by atoms with Crippen molar-refractivity contribution in [2.24, 2.45) is 0 Å². The molecule has 0 radical (unpaired) electrons. The van der Waals surface area contributed by atoms with Gasteiger partial charge in [0.05, 0.1) is 23.7 Å². The van der Waals surface area contributed by atoms with Gasteiger partial charge in [-0.25, -0.2) is 0 Å². The highest BCUT2D eigenvalue weighted by atomic mass is 35.5. The van der Waals surface area contributed by atoms with E-state index in [0.717, 1.165) is 12.6 Å². The van der Waals surface area contributed by atoms with Gasteiger partial charge < -0.3 is 9.84 Å². The van der Waals surface area contributed by atoms with Gasteiger partial charge in [0.2, 0.25) is 0 Å². The zero-order chi connectivity index (χ0) is 10.9. The molecule has 1 fully saturated rings. The number of alkyl halides is 1. The van der Waals surface area contributed by atoms with E-state index >= 15 is 0 Å². The summed E-state index contributed by atoms with van der Waals surface area (Å²) >= 11 is 5.98. The number of halogens is 1. The van der Waals surface area contributed by atoms with Gasteiger partial charge in [-0.3, -0.25) is 0 Å². The Morgan fingerprint density at radius 3 is 2.43 bits per heavy atom. The Kier molecular flexibility index (Phi) is 4.11. The second-order valence-electron chi connectivity index (χ2n) is 4.76. The molecule has 1 aliphatic rings. The summed E-state index contributed by atoms with van der Waals surface area (Å²) in [6.45, 7) is 5.27. The van der Waals surface area contributed by atoms with Gasteiger partial charge in [-0.15, -0.1) is 24.8 Å². The van der Waals surface area contributed by atoms with Crippen LogP contribution in [0.1, 0.15) is 13.3 Å². The monoisotopic (exact) mass is 238 g/mol. The van der Waals surface area contributed by atoms with Crippen LogP contribution in [-0.2, 0) is 4.74 Å². The van der Waals surface area contributed by atoms with Crippen molar-refractivity contribution in [3.8, 4) is 0 Å². The van der Waals surface area contributed by atoms with Crippen LogP contribution in [0.3, 0.4) is 0 Å². The highest BCUT2D eigenvalue weighted by Crippen LogP contribution is 2.38. The first-order chi connectivity index (χ1) is 6.31. The zero-order valence-electron chi connectivity index (χ0n) is 9.11. The highest BCUT2D eigenvalue weighted by Gasteiger charge is 2.39. The molecular weight excluding hydrogens is 219 g/mol. The smallest absolute Gasteiger partial charge is 0.0990 e. The summed E-state index contributed by atoms with van der Waals surface area (Å²) in [5.74, 6) is 0. The van der Waals surface area contributed by atoms with E-state index in [-0.39, 0.29) is 17.6 Å². The molecule has 0 aromatic rings. The topological polar surface area (TPSA) is 29.5 Å². The molecule has 14 heavy (non-hydrogen) atoms. The van der Waals surface area contributed by atoms with Crippen molar-refractivity contribution in [1.29, 1.82) is 0 Å². The summed E-state index contributed by atoms with van der Waals surface area (Å²) in [5, 5.41) is 9.50. The molecule has 1 rings (SSSR count). The van der Waals surface area contributed by atoms with Crippen molar-refractivity contribution >= 4 is 24.8 Å². The molecule has 1 heterocycles. The van der Waals surface area contributed by atoms with E-state index in [1.165, 1.54) is 0 Å². The third kappa shape index (κ3) is 3.27. The molecule has 0 spiro atoms. The standard InChI is InChI=1S/C10H20ClO2P/c1-7-9(11)10(12)8(13-7)5-6-14(2,3)4/h7-10,12H,2,5-6H2,1,3-4H3/t7?,8?,9-,10+/m0/s1. The van der Waals surface area contributed by atoms with Crippen LogP contribution in [0.15, 0.2) is 0 Å². The van der Waals surface area contributed by atoms with Gasteiger partial charge in [0.15, 0.2) is 0 Å². The van der Waals surface area contributed by atoms with Crippen molar-refractivity contribution in [2.45, 2.75) is 37.0 Å². The van der Waals surface area contributed by atoms with Crippen LogP contribution in [0, 0.1) is 0 Å². The predicted molar refractivity (Wildman–Crippen MR) is 65.4 cm³/mol. The summed E-state index contributed by atoms with van der Waals surface area (Å²) in [7, 11) is 0. The third-order valence-corrected chi connectivity index (χ3v) is 4.65. The molecule has 4 atom stereocenters. The molecule has 0 bridgehead atoms. The summed E-state index contributed by atoms with van der Waals surface area (Å²) in [6, 6.07) is 0. The number of ether oxygens (including phenoxy) is 1. The fourth-order valence-electron chi connectivity index (χ4n) is 1.63. The third-order valence-electron chi connectivity index (χ3n) is 2.56. The molecule has 2 nitrogen and oxygen atoms in total. The Hall–Kier alpha value is 0.510. The molecule has 1 aliphatic heterocycles. The van der Waals surface area contributed by atoms with Crippen molar-refractivity contribution in [3.05, 3.63) is 0 Å². The average Bonchev–Trinajstić information content (AvgIpc) is 2.28. The fourth-order valence-corrected chi connectivity index (χ4v) is 2.80. The Morgan fingerprint density at radius 2 is 2.07 bits per heavy atom. The fraction of sp³-hybridized carbons (Fsp3) is 0.900. The minimum absolute atomic E-state index is 0.0390. The van der Waals surface area contributed by atoms with Gasteiger partial charge in [0.1, 0.15) is 0 Å². The second kappa shape index (κ2) is 4.57. The Morgan fingerprint density at radius 1 is 1.50 bits per heavy atom. The molecule has 1 saturated heterocycles.